The van der Waals surface area contributed by atoms with E-state index in [4.69, 9.17) is 18.9 Å². The number of benzene rings is 4. The monoisotopic (exact) mass is 519 g/mol. The molecule has 1 amide bonds. The number of ketones is 1. The molecule has 39 heavy (non-hydrogen) atoms. The van der Waals surface area contributed by atoms with E-state index in [2.05, 4.69) is 0 Å². The van der Waals surface area contributed by atoms with E-state index in [1.54, 1.807) is 56.5 Å². The summed E-state index contributed by atoms with van der Waals surface area (Å²) in [6, 6.07) is 27.5. The van der Waals surface area contributed by atoms with E-state index in [1.807, 2.05) is 60.7 Å². The van der Waals surface area contributed by atoms with Gasteiger partial charge in [-0.2, -0.15) is 0 Å². The van der Waals surface area contributed by atoms with Crippen LogP contribution < -0.4 is 14.4 Å². The van der Waals surface area contributed by atoms with Crippen molar-refractivity contribution in [1.29, 1.82) is 0 Å². The Balaban J connectivity index is 1.61. The molecule has 1 saturated heterocycles. The quantitative estimate of drug-likeness (QED) is 0.375. The van der Waals surface area contributed by atoms with E-state index in [1.165, 1.54) is 0 Å². The number of para-hydroxylation sites is 1. The van der Waals surface area contributed by atoms with Gasteiger partial charge in [-0.3, -0.25) is 9.59 Å². The van der Waals surface area contributed by atoms with Crippen molar-refractivity contribution in [3.63, 3.8) is 0 Å². The van der Waals surface area contributed by atoms with Crippen LogP contribution in [0.25, 0.3) is 0 Å². The Hall–Kier alpha value is -4.46. The number of carbonyl (C=O) groups excluding carboxylic acids is 2. The van der Waals surface area contributed by atoms with Gasteiger partial charge in [-0.15, -0.1) is 0 Å². The molecular weight excluding hydrogens is 494 g/mol. The molecule has 2 aliphatic heterocycles. The summed E-state index contributed by atoms with van der Waals surface area (Å²) in [5.74, 6) is 0.698. The fourth-order valence-corrected chi connectivity index (χ4v) is 6.41. The van der Waals surface area contributed by atoms with Gasteiger partial charge in [0.05, 0.1) is 25.5 Å². The predicted octanol–water partition coefficient (Wildman–Crippen LogP) is 5.11. The highest BCUT2D eigenvalue weighted by molar-refractivity contribution is 6.15. The number of likely N-dealkylation sites (N-methyl/N-ethyl adjacent to an activating group) is 1. The third-order valence-electron chi connectivity index (χ3n) is 8.11. The van der Waals surface area contributed by atoms with E-state index in [-0.39, 0.29) is 11.7 Å². The number of methoxy groups -OCH3 is 2. The molecule has 1 fully saturated rings. The van der Waals surface area contributed by atoms with Crippen molar-refractivity contribution in [2.24, 2.45) is 0 Å². The van der Waals surface area contributed by atoms with Crippen molar-refractivity contribution in [1.82, 2.24) is 0 Å². The minimum absolute atomic E-state index is 0.125. The third-order valence-corrected chi connectivity index (χ3v) is 8.11. The first-order valence-electron chi connectivity index (χ1n) is 12.7. The van der Waals surface area contributed by atoms with E-state index in [0.717, 1.165) is 5.69 Å². The maximum Gasteiger partial charge on any atom is 0.267 e. The molecule has 0 bridgehead atoms. The molecule has 2 atom stereocenters. The lowest BCUT2D eigenvalue weighted by atomic mass is 9.64. The highest BCUT2D eigenvalue weighted by Crippen LogP contribution is 2.66. The molecule has 194 valence electrons. The van der Waals surface area contributed by atoms with Crippen molar-refractivity contribution in [2.45, 2.75) is 17.5 Å². The van der Waals surface area contributed by atoms with Crippen LogP contribution in [0.5, 0.6) is 11.5 Å². The highest BCUT2D eigenvalue weighted by Gasteiger charge is 2.74. The third kappa shape index (κ3) is 2.83. The average Bonchev–Trinajstić information content (AvgIpc) is 3.46. The molecule has 2 spiro atoms. The lowest BCUT2D eigenvalue weighted by molar-refractivity contribution is -0.147. The molecular formula is C32H25NO6. The van der Waals surface area contributed by atoms with Gasteiger partial charge in [-0.1, -0.05) is 66.7 Å². The number of fused-ring (bicyclic) bond motifs is 7. The zero-order valence-electron chi connectivity index (χ0n) is 21.6. The summed E-state index contributed by atoms with van der Waals surface area (Å²) in [6.07, 6.45) is -1.03. The van der Waals surface area contributed by atoms with Crippen molar-refractivity contribution in [3.05, 3.63) is 124 Å². The van der Waals surface area contributed by atoms with Crippen LogP contribution in [0, 0.1) is 0 Å². The molecule has 0 unspecified atom stereocenters. The molecule has 4 aromatic carbocycles. The van der Waals surface area contributed by atoms with Crippen molar-refractivity contribution in [3.8, 4) is 11.5 Å². The standard InChI is InChI=1S/C32H25NO6/c1-33-26-15-9-8-14-25(26)32(30(33)35)31(38-29(39-32)22-18-19(36-2)16-17-27(22)37-3)23-12-6-4-10-20(23)28(34)21-11-5-7-13-24(21)31/h4-18,29H,1-3H3/t29-,32-/m1/s1. The van der Waals surface area contributed by atoms with Crippen LogP contribution in [-0.2, 0) is 25.5 Å². The second-order valence-corrected chi connectivity index (χ2v) is 9.84. The predicted molar refractivity (Wildman–Crippen MR) is 143 cm³/mol. The first kappa shape index (κ1) is 23.6. The smallest absolute Gasteiger partial charge is 0.267 e. The van der Waals surface area contributed by atoms with E-state index < -0.39 is 17.5 Å². The summed E-state index contributed by atoms with van der Waals surface area (Å²) in [4.78, 5) is 29.9. The second kappa shape index (κ2) is 8.27. The Kier molecular flexibility index (Phi) is 5.01. The number of hydrogen-bond donors (Lipinski definition) is 0. The van der Waals surface area contributed by atoms with Gasteiger partial charge in [0, 0.05) is 34.9 Å². The first-order chi connectivity index (χ1) is 19.0. The Morgan fingerprint density at radius 3 is 1.95 bits per heavy atom. The molecule has 0 N–H and O–H groups in total. The summed E-state index contributed by atoms with van der Waals surface area (Å²) in [7, 11) is 4.88. The SMILES string of the molecule is COc1ccc(OC)c([C@@H]2OC3(c4ccccc4C(=O)c4ccccc43)[C@]3(O2)C(=O)N(C)c2ccccc23)c1. The van der Waals surface area contributed by atoms with E-state index in [0.29, 0.717) is 44.9 Å². The molecule has 2 heterocycles. The van der Waals surface area contributed by atoms with Crippen LogP contribution in [0.2, 0.25) is 0 Å². The largest absolute Gasteiger partial charge is 0.497 e. The second-order valence-electron chi connectivity index (χ2n) is 9.84. The maximum absolute atomic E-state index is 14.6. The van der Waals surface area contributed by atoms with Gasteiger partial charge in [-0.05, 0) is 24.3 Å². The van der Waals surface area contributed by atoms with Crippen molar-refractivity contribution >= 4 is 17.4 Å². The summed E-state index contributed by atoms with van der Waals surface area (Å²) >= 11 is 0. The molecule has 0 saturated carbocycles. The van der Waals surface area contributed by atoms with Gasteiger partial charge in [0.2, 0.25) is 5.60 Å². The molecule has 7 rings (SSSR count). The molecule has 3 aliphatic rings. The van der Waals surface area contributed by atoms with Crippen LogP contribution in [0.15, 0.2) is 91.0 Å². The number of ether oxygens (including phenoxy) is 4. The number of hydrogen-bond acceptors (Lipinski definition) is 6. The van der Waals surface area contributed by atoms with Gasteiger partial charge < -0.3 is 23.8 Å². The van der Waals surface area contributed by atoms with Gasteiger partial charge in [0.15, 0.2) is 17.7 Å². The lowest BCUT2D eigenvalue weighted by Crippen LogP contribution is -2.56. The van der Waals surface area contributed by atoms with Crippen LogP contribution in [-0.4, -0.2) is 33.0 Å². The van der Waals surface area contributed by atoms with Crippen LogP contribution >= 0.6 is 0 Å². The molecule has 0 aromatic heterocycles. The highest BCUT2D eigenvalue weighted by atomic mass is 16.8. The van der Waals surface area contributed by atoms with Crippen molar-refractivity contribution < 1.29 is 28.5 Å². The molecule has 7 nitrogen and oxygen atoms in total. The van der Waals surface area contributed by atoms with E-state index >= 15 is 0 Å². The zero-order chi connectivity index (χ0) is 26.9. The number of rotatable bonds is 3. The minimum Gasteiger partial charge on any atom is -0.497 e. The molecule has 7 heteroatoms. The Bertz CT molecular complexity index is 1630. The summed E-state index contributed by atoms with van der Waals surface area (Å²) < 4.78 is 25.2. The van der Waals surface area contributed by atoms with Crippen LogP contribution in [0.4, 0.5) is 5.69 Å². The topological polar surface area (TPSA) is 74.3 Å². The number of nitrogens with zero attached hydrogens (tertiary/aromatic N) is 1. The Morgan fingerprint density at radius 1 is 0.718 bits per heavy atom. The first-order valence-corrected chi connectivity index (χ1v) is 12.7. The van der Waals surface area contributed by atoms with Gasteiger partial charge in [0.25, 0.3) is 5.91 Å². The zero-order valence-corrected chi connectivity index (χ0v) is 21.6. The number of amides is 1. The number of carbonyl (C=O) groups is 2. The molecule has 1 aliphatic carbocycles. The van der Waals surface area contributed by atoms with Crippen LogP contribution in [0.3, 0.4) is 0 Å². The summed E-state index contributed by atoms with van der Waals surface area (Å²) in [6.45, 7) is 0. The lowest BCUT2D eigenvalue weighted by Gasteiger charge is -2.43. The van der Waals surface area contributed by atoms with Crippen LogP contribution in [0.1, 0.15) is 44.5 Å². The summed E-state index contributed by atoms with van der Waals surface area (Å²) in [5.41, 5.74) is 0.938. The van der Waals surface area contributed by atoms with Gasteiger partial charge in [0.1, 0.15) is 11.5 Å². The Labute approximate surface area is 225 Å². The van der Waals surface area contributed by atoms with Crippen molar-refractivity contribution in [2.75, 3.05) is 26.2 Å². The van der Waals surface area contributed by atoms with Gasteiger partial charge in [-0.25, -0.2) is 0 Å². The fourth-order valence-electron chi connectivity index (χ4n) is 6.41. The minimum atomic E-state index is -1.63. The average molecular weight is 520 g/mol. The number of anilines is 1. The van der Waals surface area contributed by atoms with E-state index in [9.17, 15) is 9.59 Å². The molecule has 0 radical (unpaired) electrons. The fraction of sp³-hybridized carbons (Fsp3) is 0.188. The molecule has 4 aromatic rings. The van der Waals surface area contributed by atoms with Gasteiger partial charge >= 0.3 is 0 Å². The normalized spacial score (nSPS) is 22.1. The maximum atomic E-state index is 14.6. The Morgan fingerprint density at radius 2 is 1.31 bits per heavy atom. The summed E-state index contributed by atoms with van der Waals surface area (Å²) in [5, 5.41) is 0.